The molecule has 0 aliphatic heterocycles. The van der Waals surface area contributed by atoms with Crippen LogP contribution in [0.15, 0.2) is 42.5 Å². The SMILES string of the molecule is CN(Cc1cccc(N)c1)C(=O)c1cc(Cl)cc(Cl)c1. The number of hydrogen-bond acceptors (Lipinski definition) is 2. The summed E-state index contributed by atoms with van der Waals surface area (Å²) >= 11 is 11.8. The number of anilines is 1. The highest BCUT2D eigenvalue weighted by Crippen LogP contribution is 2.20. The zero-order valence-corrected chi connectivity index (χ0v) is 12.4. The normalized spacial score (nSPS) is 10.3. The molecular formula is C15H14Cl2N2O. The van der Waals surface area contributed by atoms with Gasteiger partial charge in [0.25, 0.3) is 5.91 Å². The van der Waals surface area contributed by atoms with E-state index in [-0.39, 0.29) is 5.91 Å². The zero-order valence-electron chi connectivity index (χ0n) is 10.9. The van der Waals surface area contributed by atoms with Crippen LogP contribution in [-0.4, -0.2) is 17.9 Å². The lowest BCUT2D eigenvalue weighted by Crippen LogP contribution is -2.26. The van der Waals surface area contributed by atoms with Crippen molar-refractivity contribution in [3.05, 3.63) is 63.6 Å². The quantitative estimate of drug-likeness (QED) is 0.875. The van der Waals surface area contributed by atoms with Crippen LogP contribution in [0, 0.1) is 0 Å². The van der Waals surface area contributed by atoms with Crippen LogP contribution in [0.1, 0.15) is 15.9 Å². The van der Waals surface area contributed by atoms with Gasteiger partial charge in [0.15, 0.2) is 0 Å². The molecule has 0 heterocycles. The Hall–Kier alpha value is -1.71. The maximum Gasteiger partial charge on any atom is 0.253 e. The van der Waals surface area contributed by atoms with Gasteiger partial charge in [-0.25, -0.2) is 0 Å². The molecule has 0 saturated heterocycles. The van der Waals surface area contributed by atoms with E-state index in [9.17, 15) is 4.79 Å². The van der Waals surface area contributed by atoms with E-state index in [1.165, 1.54) is 0 Å². The van der Waals surface area contributed by atoms with E-state index in [1.54, 1.807) is 30.1 Å². The number of nitrogen functional groups attached to an aromatic ring is 1. The Bertz CT molecular complexity index is 623. The van der Waals surface area contributed by atoms with Gasteiger partial charge in [-0.3, -0.25) is 4.79 Å². The first-order valence-corrected chi connectivity index (χ1v) is 6.77. The second kappa shape index (κ2) is 6.16. The molecule has 0 atom stereocenters. The van der Waals surface area contributed by atoms with Crippen molar-refractivity contribution >= 4 is 34.8 Å². The highest BCUT2D eigenvalue weighted by Gasteiger charge is 2.13. The van der Waals surface area contributed by atoms with Crippen LogP contribution < -0.4 is 5.73 Å². The standard InChI is InChI=1S/C15H14Cl2N2O/c1-19(9-10-3-2-4-14(18)5-10)15(20)11-6-12(16)8-13(17)7-11/h2-8H,9,18H2,1H3. The highest BCUT2D eigenvalue weighted by atomic mass is 35.5. The van der Waals surface area contributed by atoms with Gasteiger partial charge in [-0.2, -0.15) is 0 Å². The summed E-state index contributed by atoms with van der Waals surface area (Å²) in [6.07, 6.45) is 0. The van der Waals surface area contributed by atoms with Crippen molar-refractivity contribution < 1.29 is 4.79 Å². The fourth-order valence-electron chi connectivity index (χ4n) is 1.93. The number of amides is 1. The minimum atomic E-state index is -0.142. The van der Waals surface area contributed by atoms with Crippen LogP contribution in [0.4, 0.5) is 5.69 Å². The maximum absolute atomic E-state index is 12.3. The number of carbonyl (C=O) groups excluding carboxylic acids is 1. The molecule has 0 aliphatic carbocycles. The number of benzene rings is 2. The van der Waals surface area contributed by atoms with Crippen molar-refractivity contribution in [3.8, 4) is 0 Å². The first kappa shape index (κ1) is 14.7. The minimum absolute atomic E-state index is 0.142. The van der Waals surface area contributed by atoms with Gasteiger partial charge in [0.1, 0.15) is 0 Å². The molecule has 0 saturated carbocycles. The minimum Gasteiger partial charge on any atom is -0.399 e. The van der Waals surface area contributed by atoms with E-state index in [2.05, 4.69) is 0 Å². The molecule has 3 nitrogen and oxygen atoms in total. The summed E-state index contributed by atoms with van der Waals surface area (Å²) in [4.78, 5) is 13.9. The summed E-state index contributed by atoms with van der Waals surface area (Å²) in [6, 6.07) is 12.2. The summed E-state index contributed by atoms with van der Waals surface area (Å²) in [7, 11) is 1.72. The van der Waals surface area contributed by atoms with Crippen LogP contribution in [0.5, 0.6) is 0 Å². The van der Waals surface area contributed by atoms with Crippen molar-refractivity contribution in [2.75, 3.05) is 12.8 Å². The Balaban J connectivity index is 2.16. The number of hydrogen-bond donors (Lipinski definition) is 1. The molecule has 0 radical (unpaired) electrons. The lowest BCUT2D eigenvalue weighted by molar-refractivity contribution is 0.0785. The van der Waals surface area contributed by atoms with Crippen molar-refractivity contribution in [1.29, 1.82) is 0 Å². The second-order valence-corrected chi connectivity index (χ2v) is 5.44. The molecule has 2 rings (SSSR count). The van der Waals surface area contributed by atoms with Crippen LogP contribution in [0.2, 0.25) is 10.0 Å². The monoisotopic (exact) mass is 308 g/mol. The molecule has 2 aromatic carbocycles. The highest BCUT2D eigenvalue weighted by molar-refractivity contribution is 6.35. The molecule has 5 heteroatoms. The number of nitrogens with two attached hydrogens (primary N) is 1. The van der Waals surface area contributed by atoms with E-state index in [0.717, 1.165) is 5.56 Å². The van der Waals surface area contributed by atoms with E-state index in [0.29, 0.717) is 27.8 Å². The molecular weight excluding hydrogens is 295 g/mol. The number of nitrogens with zero attached hydrogens (tertiary/aromatic N) is 1. The lowest BCUT2D eigenvalue weighted by Gasteiger charge is -2.18. The van der Waals surface area contributed by atoms with Gasteiger partial charge >= 0.3 is 0 Å². The molecule has 2 N–H and O–H groups in total. The first-order chi connectivity index (χ1) is 9.45. The average molecular weight is 309 g/mol. The van der Waals surface area contributed by atoms with E-state index in [1.807, 2.05) is 24.3 Å². The number of rotatable bonds is 3. The second-order valence-electron chi connectivity index (χ2n) is 4.56. The summed E-state index contributed by atoms with van der Waals surface area (Å²) in [6.45, 7) is 0.466. The Morgan fingerprint density at radius 2 is 1.80 bits per heavy atom. The maximum atomic E-state index is 12.3. The van der Waals surface area contributed by atoms with Gasteiger partial charge in [0.2, 0.25) is 0 Å². The van der Waals surface area contributed by atoms with E-state index in [4.69, 9.17) is 28.9 Å². The summed E-state index contributed by atoms with van der Waals surface area (Å²) in [5.41, 5.74) is 7.83. The van der Waals surface area contributed by atoms with Gasteiger partial charge in [-0.15, -0.1) is 0 Å². The predicted octanol–water partition coefficient (Wildman–Crippen LogP) is 3.85. The number of carbonyl (C=O) groups is 1. The number of halogens is 2. The van der Waals surface area contributed by atoms with Crippen LogP contribution in [0.3, 0.4) is 0 Å². The Morgan fingerprint density at radius 3 is 2.40 bits per heavy atom. The Morgan fingerprint density at radius 1 is 1.15 bits per heavy atom. The third-order valence-electron chi connectivity index (χ3n) is 2.83. The third kappa shape index (κ3) is 3.65. The summed E-state index contributed by atoms with van der Waals surface area (Å²) in [5, 5.41) is 0.886. The molecule has 104 valence electrons. The van der Waals surface area contributed by atoms with Crippen molar-refractivity contribution in [1.82, 2.24) is 4.90 Å². The van der Waals surface area contributed by atoms with Gasteiger partial charge in [0.05, 0.1) is 0 Å². The topological polar surface area (TPSA) is 46.3 Å². The average Bonchev–Trinajstić information content (AvgIpc) is 2.36. The molecule has 2 aromatic rings. The van der Waals surface area contributed by atoms with Gasteiger partial charge in [-0.05, 0) is 35.9 Å². The molecule has 0 fully saturated rings. The van der Waals surface area contributed by atoms with E-state index < -0.39 is 0 Å². The van der Waals surface area contributed by atoms with Crippen molar-refractivity contribution in [3.63, 3.8) is 0 Å². The summed E-state index contributed by atoms with van der Waals surface area (Å²) in [5.74, 6) is -0.142. The Kier molecular flexibility index (Phi) is 4.53. The predicted molar refractivity (Wildman–Crippen MR) is 83.1 cm³/mol. The summed E-state index contributed by atoms with van der Waals surface area (Å²) < 4.78 is 0. The largest absolute Gasteiger partial charge is 0.399 e. The van der Waals surface area contributed by atoms with Crippen LogP contribution in [-0.2, 0) is 6.54 Å². The molecule has 0 aromatic heterocycles. The molecule has 0 bridgehead atoms. The third-order valence-corrected chi connectivity index (χ3v) is 3.26. The lowest BCUT2D eigenvalue weighted by atomic mass is 10.1. The van der Waals surface area contributed by atoms with E-state index >= 15 is 0 Å². The van der Waals surface area contributed by atoms with Crippen LogP contribution in [0.25, 0.3) is 0 Å². The Labute approximate surface area is 127 Å². The first-order valence-electron chi connectivity index (χ1n) is 6.01. The zero-order chi connectivity index (χ0) is 14.7. The van der Waals surface area contributed by atoms with Gasteiger partial charge in [-0.1, -0.05) is 35.3 Å². The molecule has 1 amide bonds. The fraction of sp³-hybridized carbons (Fsp3) is 0.133. The fourth-order valence-corrected chi connectivity index (χ4v) is 2.46. The van der Waals surface area contributed by atoms with Gasteiger partial charge in [0, 0.05) is 34.9 Å². The molecule has 0 aliphatic rings. The molecule has 0 unspecified atom stereocenters. The van der Waals surface area contributed by atoms with Gasteiger partial charge < -0.3 is 10.6 Å². The van der Waals surface area contributed by atoms with Crippen molar-refractivity contribution in [2.45, 2.75) is 6.54 Å². The molecule has 0 spiro atoms. The van der Waals surface area contributed by atoms with Crippen LogP contribution >= 0.6 is 23.2 Å². The van der Waals surface area contributed by atoms with Crippen molar-refractivity contribution in [2.24, 2.45) is 0 Å². The molecule has 20 heavy (non-hydrogen) atoms. The smallest absolute Gasteiger partial charge is 0.253 e.